The zero-order valence-corrected chi connectivity index (χ0v) is 11.7. The highest BCUT2D eigenvalue weighted by Gasteiger charge is 2.11. The Bertz CT molecular complexity index is 763. The molecule has 1 heterocycles. The Labute approximate surface area is 129 Å². The van der Waals surface area contributed by atoms with Crippen molar-refractivity contribution in [1.82, 2.24) is 10.4 Å². The van der Waals surface area contributed by atoms with Crippen molar-refractivity contribution in [2.45, 2.75) is 0 Å². The van der Waals surface area contributed by atoms with Gasteiger partial charge in [-0.05, 0) is 18.2 Å². The van der Waals surface area contributed by atoms with Crippen LogP contribution in [0.15, 0.2) is 41.6 Å². The number of carbonyl (C=O) groups excluding carboxylic acids is 1. The molecule has 8 nitrogen and oxygen atoms in total. The number of phenolic OH excluding ortho intramolecular Hbond substituents is 1. The molecule has 1 amide bonds. The van der Waals surface area contributed by atoms with Crippen molar-refractivity contribution in [2.24, 2.45) is 5.10 Å². The van der Waals surface area contributed by atoms with E-state index in [1.165, 1.54) is 24.4 Å². The third-order valence-corrected chi connectivity index (χ3v) is 2.90. The molecule has 112 valence electrons. The van der Waals surface area contributed by atoms with Crippen molar-refractivity contribution in [3.8, 4) is 5.75 Å². The fraction of sp³-hybridized carbons (Fsp3) is 0. The first kappa shape index (κ1) is 15.4. The minimum atomic E-state index is -0.606. The molecule has 22 heavy (non-hydrogen) atoms. The Morgan fingerprint density at radius 2 is 2.23 bits per heavy atom. The molecule has 2 aromatic rings. The van der Waals surface area contributed by atoms with Gasteiger partial charge in [0.05, 0.1) is 16.7 Å². The van der Waals surface area contributed by atoms with Gasteiger partial charge in [-0.15, -0.1) is 0 Å². The standard InChI is InChI=1S/C13H9ClN4O4/c14-12-10(2-1-5-15-12)13(20)17-16-7-8-6-9(18(21)22)3-4-11(8)19/h1-7,19H,(H,17,20). The maximum absolute atomic E-state index is 11.8. The molecule has 0 unspecified atom stereocenters. The lowest BCUT2D eigenvalue weighted by atomic mass is 10.2. The van der Waals surface area contributed by atoms with Crippen molar-refractivity contribution >= 4 is 29.4 Å². The van der Waals surface area contributed by atoms with Crippen LogP contribution in [0.2, 0.25) is 5.15 Å². The van der Waals surface area contributed by atoms with Gasteiger partial charge in [-0.2, -0.15) is 5.10 Å². The molecule has 0 bridgehead atoms. The van der Waals surface area contributed by atoms with E-state index in [0.29, 0.717) is 0 Å². The second-order valence-electron chi connectivity index (χ2n) is 4.04. The number of nitro groups is 1. The van der Waals surface area contributed by atoms with Gasteiger partial charge in [0.1, 0.15) is 10.9 Å². The number of nitrogens with one attached hydrogen (secondary N) is 1. The molecule has 0 radical (unpaired) electrons. The Hall–Kier alpha value is -3.00. The summed E-state index contributed by atoms with van der Waals surface area (Å²) in [5.74, 6) is -0.803. The third-order valence-electron chi connectivity index (χ3n) is 2.60. The number of aromatic nitrogens is 1. The lowest BCUT2D eigenvalue weighted by Gasteiger charge is -2.01. The molecule has 1 aromatic carbocycles. The van der Waals surface area contributed by atoms with Crippen molar-refractivity contribution < 1.29 is 14.8 Å². The summed E-state index contributed by atoms with van der Waals surface area (Å²) < 4.78 is 0. The summed E-state index contributed by atoms with van der Waals surface area (Å²) in [6, 6.07) is 6.45. The van der Waals surface area contributed by atoms with Crippen molar-refractivity contribution in [1.29, 1.82) is 0 Å². The van der Waals surface area contributed by atoms with E-state index in [1.54, 1.807) is 0 Å². The summed E-state index contributed by atoms with van der Waals surface area (Å²) in [4.78, 5) is 25.6. The lowest BCUT2D eigenvalue weighted by molar-refractivity contribution is -0.384. The molecule has 0 atom stereocenters. The maximum atomic E-state index is 11.8. The molecule has 0 saturated carbocycles. The minimum Gasteiger partial charge on any atom is -0.507 e. The van der Waals surface area contributed by atoms with E-state index in [9.17, 15) is 20.0 Å². The molecule has 2 rings (SSSR count). The number of hydrogen-bond donors (Lipinski definition) is 2. The topological polar surface area (TPSA) is 118 Å². The number of hydrogen-bond acceptors (Lipinski definition) is 6. The van der Waals surface area contributed by atoms with Crippen LogP contribution in [0, 0.1) is 10.1 Å². The summed E-state index contributed by atoms with van der Waals surface area (Å²) in [5.41, 5.74) is 2.20. The van der Waals surface area contributed by atoms with Crippen molar-refractivity contribution in [2.75, 3.05) is 0 Å². The molecule has 1 aromatic heterocycles. The number of nitrogens with zero attached hydrogens (tertiary/aromatic N) is 3. The van der Waals surface area contributed by atoms with Crippen LogP contribution in [-0.4, -0.2) is 27.1 Å². The van der Waals surface area contributed by atoms with E-state index in [-0.39, 0.29) is 27.7 Å². The molecule has 0 saturated heterocycles. The fourth-order valence-electron chi connectivity index (χ4n) is 1.53. The molecule has 0 aliphatic rings. The first-order valence-corrected chi connectivity index (χ1v) is 6.28. The number of carbonyl (C=O) groups is 1. The molecular weight excluding hydrogens is 312 g/mol. The summed E-state index contributed by atoms with van der Waals surface area (Å²) in [6.45, 7) is 0. The highest BCUT2D eigenvalue weighted by atomic mass is 35.5. The molecule has 0 aliphatic carbocycles. The number of phenols is 1. The molecule has 0 fully saturated rings. The van der Waals surface area contributed by atoms with Crippen LogP contribution < -0.4 is 5.43 Å². The molecule has 9 heteroatoms. The lowest BCUT2D eigenvalue weighted by Crippen LogP contribution is -2.18. The number of pyridine rings is 1. The van der Waals surface area contributed by atoms with Crippen LogP contribution in [0.5, 0.6) is 5.75 Å². The largest absolute Gasteiger partial charge is 0.507 e. The smallest absolute Gasteiger partial charge is 0.274 e. The van der Waals surface area contributed by atoms with Crippen LogP contribution in [0.3, 0.4) is 0 Å². The molecule has 2 N–H and O–H groups in total. The predicted molar refractivity (Wildman–Crippen MR) is 79.1 cm³/mol. The summed E-state index contributed by atoms with van der Waals surface area (Å²) >= 11 is 5.76. The van der Waals surface area contributed by atoms with Crippen molar-refractivity contribution in [3.63, 3.8) is 0 Å². The number of nitro benzene ring substituents is 1. The van der Waals surface area contributed by atoms with E-state index in [4.69, 9.17) is 11.6 Å². The minimum absolute atomic E-state index is 0.0217. The Kier molecular flexibility index (Phi) is 4.64. The quantitative estimate of drug-likeness (QED) is 0.387. The predicted octanol–water partition coefficient (Wildman–Crippen LogP) is 2.11. The van der Waals surface area contributed by atoms with Gasteiger partial charge < -0.3 is 5.11 Å². The average molecular weight is 321 g/mol. The zero-order valence-electron chi connectivity index (χ0n) is 10.9. The van der Waals surface area contributed by atoms with Crippen LogP contribution >= 0.6 is 11.6 Å². The van der Waals surface area contributed by atoms with Gasteiger partial charge in [-0.1, -0.05) is 11.6 Å². The van der Waals surface area contributed by atoms with E-state index >= 15 is 0 Å². The number of benzene rings is 1. The summed E-state index contributed by atoms with van der Waals surface area (Å²) in [6.07, 6.45) is 2.52. The van der Waals surface area contributed by atoms with Gasteiger partial charge in [0.2, 0.25) is 0 Å². The molecule has 0 spiro atoms. The van der Waals surface area contributed by atoms with Crippen LogP contribution in [0.25, 0.3) is 0 Å². The zero-order chi connectivity index (χ0) is 16.1. The highest BCUT2D eigenvalue weighted by Crippen LogP contribution is 2.21. The fourth-order valence-corrected chi connectivity index (χ4v) is 1.74. The normalized spacial score (nSPS) is 10.6. The Balaban J connectivity index is 2.13. The Morgan fingerprint density at radius 3 is 2.91 bits per heavy atom. The van der Waals surface area contributed by atoms with Gasteiger partial charge in [0.25, 0.3) is 11.6 Å². The van der Waals surface area contributed by atoms with Gasteiger partial charge in [0, 0.05) is 23.9 Å². The highest BCUT2D eigenvalue weighted by molar-refractivity contribution is 6.32. The third kappa shape index (κ3) is 3.55. The number of rotatable bonds is 4. The first-order chi connectivity index (χ1) is 10.5. The first-order valence-electron chi connectivity index (χ1n) is 5.90. The van der Waals surface area contributed by atoms with E-state index in [1.807, 2.05) is 0 Å². The molecular formula is C13H9ClN4O4. The van der Waals surface area contributed by atoms with E-state index in [0.717, 1.165) is 18.3 Å². The summed E-state index contributed by atoms with van der Waals surface area (Å²) in [7, 11) is 0. The van der Waals surface area contributed by atoms with Gasteiger partial charge >= 0.3 is 0 Å². The second kappa shape index (κ2) is 6.64. The number of aromatic hydroxyl groups is 1. The van der Waals surface area contributed by atoms with E-state index < -0.39 is 10.8 Å². The maximum Gasteiger partial charge on any atom is 0.274 e. The van der Waals surface area contributed by atoms with Crippen LogP contribution in [0.1, 0.15) is 15.9 Å². The number of amides is 1. The van der Waals surface area contributed by atoms with Gasteiger partial charge in [-0.25, -0.2) is 10.4 Å². The summed E-state index contributed by atoms with van der Waals surface area (Å²) in [5, 5.41) is 23.9. The number of hydrazone groups is 1. The average Bonchev–Trinajstić information content (AvgIpc) is 2.49. The van der Waals surface area contributed by atoms with Crippen LogP contribution in [0.4, 0.5) is 5.69 Å². The van der Waals surface area contributed by atoms with E-state index in [2.05, 4.69) is 15.5 Å². The molecule has 0 aliphatic heterocycles. The number of non-ortho nitro benzene ring substituents is 1. The number of halogens is 1. The second-order valence-corrected chi connectivity index (χ2v) is 4.40. The van der Waals surface area contributed by atoms with Crippen molar-refractivity contribution in [3.05, 3.63) is 62.9 Å². The van der Waals surface area contributed by atoms with Gasteiger partial charge in [0.15, 0.2) is 0 Å². The van der Waals surface area contributed by atoms with Crippen LogP contribution in [-0.2, 0) is 0 Å². The monoisotopic (exact) mass is 320 g/mol. The SMILES string of the molecule is O=C(NN=Cc1cc([N+](=O)[O-])ccc1O)c1cccnc1Cl. The Morgan fingerprint density at radius 1 is 1.45 bits per heavy atom. The van der Waals surface area contributed by atoms with Gasteiger partial charge in [-0.3, -0.25) is 14.9 Å².